The van der Waals surface area contributed by atoms with Crippen molar-refractivity contribution >= 4 is 34.2 Å². The molecule has 0 saturated carbocycles. The van der Waals surface area contributed by atoms with E-state index in [1.165, 1.54) is 0 Å². The fourth-order valence-corrected chi connectivity index (χ4v) is 2.80. The number of amides is 1. The molecule has 0 atom stereocenters. The summed E-state index contributed by atoms with van der Waals surface area (Å²) in [5.41, 5.74) is 0.299. The molecule has 1 N–H and O–H groups in total. The van der Waals surface area contributed by atoms with Gasteiger partial charge in [-0.25, -0.2) is 4.98 Å². The van der Waals surface area contributed by atoms with Crippen LogP contribution in [0.2, 0.25) is 5.15 Å². The molecule has 3 rings (SSSR count). The van der Waals surface area contributed by atoms with Gasteiger partial charge in [0.25, 0.3) is 5.91 Å². The maximum atomic E-state index is 12.3. The van der Waals surface area contributed by atoms with Crippen molar-refractivity contribution in [3.05, 3.63) is 41.2 Å². The van der Waals surface area contributed by atoms with Gasteiger partial charge in [0.1, 0.15) is 10.8 Å². The van der Waals surface area contributed by atoms with Crippen LogP contribution in [-0.4, -0.2) is 40.0 Å². The first-order valence-corrected chi connectivity index (χ1v) is 6.99. The fourth-order valence-electron chi connectivity index (χ4n) is 2.54. The quantitative estimate of drug-likeness (QED) is 0.884. The van der Waals surface area contributed by atoms with E-state index in [1.54, 1.807) is 11.0 Å². The number of aliphatic carboxylic acids is 1. The number of carboxylic acids is 1. The van der Waals surface area contributed by atoms with E-state index in [1.807, 2.05) is 24.3 Å². The van der Waals surface area contributed by atoms with Gasteiger partial charge < -0.3 is 10.0 Å². The maximum absolute atomic E-state index is 12.3. The average molecular weight is 305 g/mol. The molecule has 2 heterocycles. The van der Waals surface area contributed by atoms with Gasteiger partial charge in [0.2, 0.25) is 0 Å². The second kappa shape index (κ2) is 5.33. The summed E-state index contributed by atoms with van der Waals surface area (Å²) in [6.45, 7) is 0.911. The average Bonchev–Trinajstić information content (AvgIpc) is 2.41. The van der Waals surface area contributed by atoms with Gasteiger partial charge in [-0.05, 0) is 11.5 Å². The largest absolute Gasteiger partial charge is 0.481 e. The van der Waals surface area contributed by atoms with Gasteiger partial charge in [0.05, 0.1) is 6.42 Å². The van der Waals surface area contributed by atoms with Crippen molar-refractivity contribution in [2.75, 3.05) is 13.1 Å². The molecule has 1 aliphatic heterocycles. The third-order valence-electron chi connectivity index (χ3n) is 3.62. The predicted octanol–water partition coefficient (Wildman–Crippen LogP) is 2.43. The first-order valence-electron chi connectivity index (χ1n) is 6.61. The monoisotopic (exact) mass is 304 g/mol. The van der Waals surface area contributed by atoms with Crippen molar-refractivity contribution in [3.63, 3.8) is 0 Å². The van der Waals surface area contributed by atoms with Crippen molar-refractivity contribution in [3.8, 4) is 0 Å². The highest BCUT2D eigenvalue weighted by molar-refractivity contribution is 6.34. The van der Waals surface area contributed by atoms with Gasteiger partial charge in [0.15, 0.2) is 0 Å². The van der Waals surface area contributed by atoms with E-state index in [0.29, 0.717) is 23.9 Å². The minimum atomic E-state index is -0.834. The normalized spacial score (nSPS) is 15.0. The smallest absolute Gasteiger partial charge is 0.303 e. The number of carboxylic acid groups (broad SMARTS) is 1. The van der Waals surface area contributed by atoms with Crippen LogP contribution in [0.3, 0.4) is 0 Å². The molecule has 108 valence electrons. The Morgan fingerprint density at radius 2 is 2.05 bits per heavy atom. The highest BCUT2D eigenvalue weighted by Crippen LogP contribution is 2.25. The molecule has 2 aromatic rings. The molecule has 1 saturated heterocycles. The van der Waals surface area contributed by atoms with Crippen LogP contribution in [0.1, 0.15) is 16.9 Å². The van der Waals surface area contributed by atoms with Crippen LogP contribution < -0.4 is 0 Å². The van der Waals surface area contributed by atoms with E-state index >= 15 is 0 Å². The van der Waals surface area contributed by atoms with Crippen LogP contribution in [0, 0.1) is 5.92 Å². The third-order valence-corrected chi connectivity index (χ3v) is 3.91. The predicted molar refractivity (Wildman–Crippen MR) is 78.4 cm³/mol. The zero-order valence-electron chi connectivity index (χ0n) is 11.1. The van der Waals surface area contributed by atoms with E-state index in [-0.39, 0.29) is 18.2 Å². The minimum absolute atomic E-state index is 0.0300. The fraction of sp³-hybridized carbons (Fsp3) is 0.267. The number of hydrogen-bond acceptors (Lipinski definition) is 3. The summed E-state index contributed by atoms with van der Waals surface area (Å²) in [7, 11) is 0. The number of fused-ring (bicyclic) bond motifs is 1. The van der Waals surface area contributed by atoms with E-state index in [9.17, 15) is 9.59 Å². The SMILES string of the molecule is O=C(O)CC1CN(C(=O)c2cc3ccccc3c(Cl)n2)C1. The van der Waals surface area contributed by atoms with E-state index in [2.05, 4.69) is 4.98 Å². The number of carbonyl (C=O) groups excluding carboxylic acids is 1. The molecular formula is C15H13ClN2O3. The van der Waals surface area contributed by atoms with Crippen LogP contribution >= 0.6 is 11.6 Å². The first-order chi connectivity index (χ1) is 10.0. The van der Waals surface area contributed by atoms with Crippen LogP contribution in [-0.2, 0) is 4.79 Å². The van der Waals surface area contributed by atoms with E-state index < -0.39 is 5.97 Å². The van der Waals surface area contributed by atoms with Crippen LogP contribution in [0.5, 0.6) is 0 Å². The third kappa shape index (κ3) is 2.69. The van der Waals surface area contributed by atoms with E-state index in [0.717, 1.165) is 10.8 Å². The number of pyridine rings is 1. The number of hydrogen-bond donors (Lipinski definition) is 1. The second-order valence-electron chi connectivity index (χ2n) is 5.19. The summed E-state index contributed by atoms with van der Waals surface area (Å²) in [5, 5.41) is 10.7. The number of carbonyl (C=O) groups is 2. The summed E-state index contributed by atoms with van der Waals surface area (Å²) >= 11 is 6.11. The molecule has 0 aliphatic carbocycles. The Bertz CT molecular complexity index is 726. The van der Waals surface area contributed by atoms with Gasteiger partial charge in [-0.2, -0.15) is 0 Å². The Kier molecular flexibility index (Phi) is 3.51. The lowest BCUT2D eigenvalue weighted by atomic mass is 9.96. The maximum Gasteiger partial charge on any atom is 0.303 e. The van der Waals surface area contributed by atoms with Gasteiger partial charge in [-0.15, -0.1) is 0 Å². The van der Waals surface area contributed by atoms with Crippen molar-refractivity contribution in [1.82, 2.24) is 9.88 Å². The zero-order valence-corrected chi connectivity index (χ0v) is 11.9. The summed E-state index contributed by atoms with van der Waals surface area (Å²) in [5.74, 6) is -1.01. The molecule has 1 amide bonds. The Hall–Kier alpha value is -2.14. The number of halogens is 1. The molecule has 0 unspecified atom stereocenters. The van der Waals surface area contributed by atoms with Crippen LogP contribution in [0.15, 0.2) is 30.3 Å². The number of benzene rings is 1. The number of likely N-dealkylation sites (tertiary alicyclic amines) is 1. The molecule has 6 heteroatoms. The molecular weight excluding hydrogens is 292 g/mol. The van der Waals surface area contributed by atoms with Gasteiger partial charge in [-0.3, -0.25) is 9.59 Å². The van der Waals surface area contributed by atoms with Crippen molar-refractivity contribution < 1.29 is 14.7 Å². The van der Waals surface area contributed by atoms with E-state index in [4.69, 9.17) is 16.7 Å². The minimum Gasteiger partial charge on any atom is -0.481 e. The molecule has 0 bridgehead atoms. The van der Waals surface area contributed by atoms with Gasteiger partial charge in [0, 0.05) is 24.4 Å². The Morgan fingerprint density at radius 1 is 1.33 bits per heavy atom. The molecule has 1 fully saturated rings. The van der Waals surface area contributed by atoms with Crippen molar-refractivity contribution in [1.29, 1.82) is 0 Å². The van der Waals surface area contributed by atoms with Crippen molar-refractivity contribution in [2.45, 2.75) is 6.42 Å². The lowest BCUT2D eigenvalue weighted by Crippen LogP contribution is -2.50. The molecule has 0 radical (unpaired) electrons. The Morgan fingerprint density at radius 3 is 2.76 bits per heavy atom. The molecule has 5 nitrogen and oxygen atoms in total. The highest BCUT2D eigenvalue weighted by Gasteiger charge is 2.33. The zero-order chi connectivity index (χ0) is 15.0. The van der Waals surface area contributed by atoms with Crippen LogP contribution in [0.4, 0.5) is 0 Å². The summed E-state index contributed by atoms with van der Waals surface area (Å²) in [4.78, 5) is 28.7. The van der Waals surface area contributed by atoms with Crippen LogP contribution in [0.25, 0.3) is 10.8 Å². The molecule has 1 aliphatic rings. The molecule has 21 heavy (non-hydrogen) atoms. The number of rotatable bonds is 3. The lowest BCUT2D eigenvalue weighted by molar-refractivity contribution is -0.139. The number of aromatic nitrogens is 1. The highest BCUT2D eigenvalue weighted by atomic mass is 35.5. The first kappa shape index (κ1) is 13.8. The lowest BCUT2D eigenvalue weighted by Gasteiger charge is -2.38. The summed E-state index contributed by atoms with van der Waals surface area (Å²) < 4.78 is 0. The second-order valence-corrected chi connectivity index (χ2v) is 5.55. The van der Waals surface area contributed by atoms with Crippen molar-refractivity contribution in [2.24, 2.45) is 5.92 Å². The topological polar surface area (TPSA) is 70.5 Å². The number of nitrogens with zero attached hydrogens (tertiary/aromatic N) is 2. The molecule has 1 aromatic heterocycles. The van der Waals surface area contributed by atoms with Gasteiger partial charge >= 0.3 is 5.97 Å². The van der Waals surface area contributed by atoms with Gasteiger partial charge in [-0.1, -0.05) is 35.9 Å². The summed E-state index contributed by atoms with van der Waals surface area (Å²) in [6.07, 6.45) is 0.0929. The Labute approximate surface area is 126 Å². The Balaban J connectivity index is 1.79. The summed E-state index contributed by atoms with van der Waals surface area (Å²) in [6, 6.07) is 9.19. The standard InChI is InChI=1S/C15H13ClN2O3/c16-14-11-4-2-1-3-10(11)6-12(17-14)15(21)18-7-9(8-18)5-13(19)20/h1-4,6,9H,5,7-8H2,(H,19,20). The molecule has 0 spiro atoms. The molecule has 1 aromatic carbocycles.